The average molecular weight is 410 g/mol. The Labute approximate surface area is 167 Å². The van der Waals surface area contributed by atoms with E-state index in [-0.39, 0.29) is 6.47 Å². The van der Waals surface area contributed by atoms with Gasteiger partial charge in [0, 0.05) is 12.6 Å². The van der Waals surface area contributed by atoms with Gasteiger partial charge >= 0.3 is 0 Å². The van der Waals surface area contributed by atoms with Crippen LogP contribution in [0.1, 0.15) is 38.9 Å². The Hall–Kier alpha value is -1.93. The second-order valence-electron chi connectivity index (χ2n) is 7.75. The second-order valence-corrected chi connectivity index (χ2v) is 10.1. The van der Waals surface area contributed by atoms with Crippen molar-refractivity contribution < 1.29 is 18.3 Å². The number of carbonyl (C=O) groups is 1. The maximum absolute atomic E-state index is 11.7. The number of fused-ring (bicyclic) bond motifs is 1. The molecule has 0 atom stereocenters. The molecule has 0 amide bonds. The molecule has 7 nitrogen and oxygen atoms in total. The number of aryl methyl sites for hydroxylation is 1. The fourth-order valence-corrected chi connectivity index (χ4v) is 5.02. The molecule has 0 spiro atoms. The second kappa shape index (κ2) is 10.0. The highest BCUT2D eigenvalue weighted by Gasteiger charge is 2.27. The predicted octanol–water partition coefficient (Wildman–Crippen LogP) is 2.79. The molecule has 1 saturated heterocycles. The monoisotopic (exact) mass is 409 g/mol. The van der Waals surface area contributed by atoms with E-state index >= 15 is 0 Å². The average Bonchev–Trinajstić information content (AvgIpc) is 2.97. The van der Waals surface area contributed by atoms with Crippen LogP contribution in [-0.4, -0.2) is 59.0 Å². The van der Waals surface area contributed by atoms with Crippen molar-refractivity contribution in [1.82, 2.24) is 14.5 Å². The normalized spacial score (nSPS) is 16.9. The van der Waals surface area contributed by atoms with Gasteiger partial charge in [-0.05, 0) is 44.4 Å². The third-order valence-electron chi connectivity index (χ3n) is 5.20. The van der Waals surface area contributed by atoms with Crippen LogP contribution in [0.5, 0.6) is 0 Å². The molecule has 1 aliphatic rings. The van der Waals surface area contributed by atoms with Gasteiger partial charge in [0.1, 0.15) is 15.7 Å². The molecule has 2 aromatic rings. The number of sulfone groups is 1. The first-order valence-electron chi connectivity index (χ1n) is 9.70. The van der Waals surface area contributed by atoms with Gasteiger partial charge in [-0.2, -0.15) is 0 Å². The quantitative estimate of drug-likeness (QED) is 0.738. The summed E-state index contributed by atoms with van der Waals surface area (Å²) in [6.45, 7) is 5.97. The topological polar surface area (TPSA) is 92.5 Å². The van der Waals surface area contributed by atoms with Crippen molar-refractivity contribution in [2.45, 2.75) is 52.2 Å². The van der Waals surface area contributed by atoms with Crippen LogP contribution >= 0.6 is 0 Å². The Morgan fingerprint density at radius 2 is 1.89 bits per heavy atom. The molecule has 1 aliphatic heterocycles. The number of benzene rings is 1. The molecule has 0 saturated carbocycles. The molecule has 1 fully saturated rings. The first-order chi connectivity index (χ1) is 13.3. The number of carboxylic acid groups (broad SMARTS) is 1. The van der Waals surface area contributed by atoms with E-state index in [0.717, 1.165) is 43.7 Å². The number of rotatable bonds is 6. The third-order valence-corrected chi connectivity index (χ3v) is 6.92. The third kappa shape index (κ3) is 6.04. The highest BCUT2D eigenvalue weighted by atomic mass is 32.2. The van der Waals surface area contributed by atoms with Gasteiger partial charge in [0.05, 0.1) is 29.1 Å². The van der Waals surface area contributed by atoms with E-state index in [2.05, 4.69) is 48.6 Å². The van der Waals surface area contributed by atoms with Gasteiger partial charge in [0.25, 0.3) is 6.47 Å². The summed E-state index contributed by atoms with van der Waals surface area (Å²) in [7, 11) is -0.724. The van der Waals surface area contributed by atoms with Crippen LogP contribution in [0.2, 0.25) is 0 Å². The Balaban J connectivity index is 0.000000878. The maximum Gasteiger partial charge on any atom is 0.290 e. The van der Waals surface area contributed by atoms with Crippen molar-refractivity contribution in [3.63, 3.8) is 0 Å². The van der Waals surface area contributed by atoms with Crippen LogP contribution in [-0.2, 0) is 27.7 Å². The van der Waals surface area contributed by atoms with E-state index in [1.54, 1.807) is 0 Å². The molecule has 0 aliphatic carbocycles. The van der Waals surface area contributed by atoms with E-state index in [1.165, 1.54) is 5.52 Å². The van der Waals surface area contributed by atoms with Gasteiger partial charge in [-0.15, -0.1) is 0 Å². The zero-order chi connectivity index (χ0) is 20.7. The summed E-state index contributed by atoms with van der Waals surface area (Å²) in [6, 6.07) is 8.62. The molecule has 156 valence electrons. The summed E-state index contributed by atoms with van der Waals surface area (Å²) in [4.78, 5) is 15.5. The van der Waals surface area contributed by atoms with E-state index < -0.39 is 9.84 Å². The maximum atomic E-state index is 11.7. The van der Waals surface area contributed by atoms with Crippen molar-refractivity contribution in [2.75, 3.05) is 18.6 Å². The number of hydrogen-bond acceptors (Lipinski definition) is 5. The first-order valence-corrected chi connectivity index (χ1v) is 11.5. The Bertz CT molecular complexity index is 863. The van der Waals surface area contributed by atoms with Crippen molar-refractivity contribution in [3.05, 3.63) is 30.1 Å². The molecule has 3 rings (SSSR count). The van der Waals surface area contributed by atoms with Crippen LogP contribution in [0.3, 0.4) is 0 Å². The van der Waals surface area contributed by atoms with E-state index in [4.69, 9.17) is 14.9 Å². The van der Waals surface area contributed by atoms with Crippen molar-refractivity contribution in [1.29, 1.82) is 0 Å². The molecule has 0 bridgehead atoms. The molecule has 1 aromatic heterocycles. The van der Waals surface area contributed by atoms with E-state index in [1.807, 2.05) is 6.07 Å². The molecule has 2 heterocycles. The summed E-state index contributed by atoms with van der Waals surface area (Å²) in [5, 5.41) is 6.89. The predicted molar refractivity (Wildman–Crippen MR) is 111 cm³/mol. The number of nitrogens with zero attached hydrogens (tertiary/aromatic N) is 3. The van der Waals surface area contributed by atoms with Gasteiger partial charge < -0.3 is 9.67 Å². The standard InChI is InChI=1S/C19H29N3O2S.CH2O2/c1-15(2)8-11-22-18-7-5-4-6-17(18)20-19(22)14-21(3)16-9-12-25(23,24)13-10-16;2-1-3/h4-7,15-16H,8-14H2,1-3H3;1H,(H,2,3). The van der Waals surface area contributed by atoms with Gasteiger partial charge in [0.15, 0.2) is 0 Å². The first kappa shape index (κ1) is 22.4. The molecule has 8 heteroatoms. The van der Waals surface area contributed by atoms with Crippen LogP contribution in [0.25, 0.3) is 11.0 Å². The summed E-state index contributed by atoms with van der Waals surface area (Å²) >= 11 is 0. The summed E-state index contributed by atoms with van der Waals surface area (Å²) in [6.07, 6.45) is 2.58. The summed E-state index contributed by atoms with van der Waals surface area (Å²) < 4.78 is 25.7. The lowest BCUT2D eigenvalue weighted by Crippen LogP contribution is -2.39. The van der Waals surface area contributed by atoms with Gasteiger partial charge in [0.2, 0.25) is 0 Å². The van der Waals surface area contributed by atoms with Gasteiger partial charge in [-0.1, -0.05) is 26.0 Å². The number of aromatic nitrogens is 2. The fourth-order valence-electron chi connectivity index (χ4n) is 3.55. The molecular weight excluding hydrogens is 378 g/mol. The smallest absolute Gasteiger partial charge is 0.290 e. The van der Waals surface area contributed by atoms with Gasteiger partial charge in [-0.25, -0.2) is 13.4 Å². The highest BCUT2D eigenvalue weighted by Crippen LogP contribution is 2.22. The molecule has 0 radical (unpaired) electrons. The number of hydrogen-bond donors (Lipinski definition) is 1. The zero-order valence-electron chi connectivity index (χ0n) is 16.9. The van der Waals surface area contributed by atoms with Gasteiger partial charge in [-0.3, -0.25) is 9.69 Å². The molecule has 28 heavy (non-hydrogen) atoms. The summed E-state index contributed by atoms with van der Waals surface area (Å²) in [5.74, 6) is 2.35. The van der Waals surface area contributed by atoms with Crippen LogP contribution in [0.4, 0.5) is 0 Å². The SMILES string of the molecule is CC(C)CCn1c(CN(C)C2CCS(=O)(=O)CC2)nc2ccccc21.O=CO. The van der Waals surface area contributed by atoms with Crippen LogP contribution in [0.15, 0.2) is 24.3 Å². The van der Waals surface area contributed by atoms with Crippen LogP contribution in [0, 0.1) is 5.92 Å². The fraction of sp³-hybridized carbons (Fsp3) is 0.600. The lowest BCUT2D eigenvalue weighted by Gasteiger charge is -2.31. The van der Waals surface area contributed by atoms with Crippen molar-refractivity contribution >= 4 is 27.3 Å². The van der Waals surface area contributed by atoms with Crippen LogP contribution < -0.4 is 0 Å². The number of imidazole rings is 1. The Morgan fingerprint density at radius 3 is 2.50 bits per heavy atom. The Kier molecular flexibility index (Phi) is 8.00. The minimum absolute atomic E-state index is 0.250. The molecular formula is C20H31N3O4S. The molecule has 1 aromatic carbocycles. The van der Waals surface area contributed by atoms with Crippen molar-refractivity contribution in [3.8, 4) is 0 Å². The highest BCUT2D eigenvalue weighted by molar-refractivity contribution is 7.91. The molecule has 1 N–H and O–H groups in total. The minimum atomic E-state index is -2.82. The number of para-hydroxylation sites is 2. The lowest BCUT2D eigenvalue weighted by atomic mass is 10.1. The lowest BCUT2D eigenvalue weighted by molar-refractivity contribution is -0.122. The zero-order valence-corrected chi connectivity index (χ0v) is 17.7. The van der Waals surface area contributed by atoms with Crippen molar-refractivity contribution in [2.24, 2.45) is 5.92 Å². The summed E-state index contributed by atoms with van der Waals surface area (Å²) in [5.41, 5.74) is 2.23. The van der Waals surface area contributed by atoms with E-state index in [9.17, 15) is 8.42 Å². The molecule has 0 unspecified atom stereocenters. The largest absolute Gasteiger partial charge is 0.483 e. The minimum Gasteiger partial charge on any atom is -0.483 e. The van der Waals surface area contributed by atoms with E-state index in [0.29, 0.717) is 23.5 Å². The Morgan fingerprint density at radius 1 is 1.29 bits per heavy atom.